The molecule has 6 nitrogen and oxygen atoms in total. The van der Waals surface area contributed by atoms with Crippen LogP contribution in [0, 0.1) is 0 Å². The first-order chi connectivity index (χ1) is 5.70. The van der Waals surface area contributed by atoms with Crippen molar-refractivity contribution in [3.8, 4) is 0 Å². The van der Waals surface area contributed by atoms with Crippen LogP contribution in [0.3, 0.4) is 0 Å². The third-order valence-corrected chi connectivity index (χ3v) is 1.39. The molecular formula is C6H11N5O. The number of rotatable bonds is 4. The number of nitrogens with one attached hydrogen (secondary N) is 1. The van der Waals surface area contributed by atoms with Crippen molar-refractivity contribution in [1.29, 1.82) is 0 Å². The average molecular weight is 169 g/mol. The number of aryl methyl sites for hydroxylation is 1. The topological polar surface area (TPSA) is 85.8 Å². The molecule has 1 rings (SSSR count). The Bertz CT molecular complexity index is 269. The van der Waals surface area contributed by atoms with Crippen LogP contribution < -0.4 is 11.1 Å². The summed E-state index contributed by atoms with van der Waals surface area (Å²) in [6.45, 7) is 0.659. The average Bonchev–Trinajstić information content (AvgIpc) is 2.36. The number of carbonyl (C=O) groups excluding carboxylic acids is 1. The maximum absolute atomic E-state index is 10.3. The Labute approximate surface area is 69.8 Å². The van der Waals surface area contributed by atoms with Gasteiger partial charge in [-0.2, -0.15) is 0 Å². The van der Waals surface area contributed by atoms with E-state index in [9.17, 15) is 4.79 Å². The summed E-state index contributed by atoms with van der Waals surface area (Å²) in [6.07, 6.45) is 1.60. The van der Waals surface area contributed by atoms with E-state index in [1.165, 1.54) is 0 Å². The number of nitrogens with zero attached hydrogens (tertiary/aromatic N) is 3. The second-order valence-corrected chi connectivity index (χ2v) is 2.43. The van der Waals surface area contributed by atoms with Crippen molar-refractivity contribution in [2.24, 2.45) is 12.8 Å². The zero-order valence-electron chi connectivity index (χ0n) is 6.82. The van der Waals surface area contributed by atoms with E-state index in [0.717, 1.165) is 5.82 Å². The first-order valence-corrected chi connectivity index (χ1v) is 3.52. The zero-order valence-corrected chi connectivity index (χ0v) is 6.82. The van der Waals surface area contributed by atoms with Crippen LogP contribution in [0.4, 0.5) is 0 Å². The summed E-state index contributed by atoms with van der Waals surface area (Å²) >= 11 is 0. The Balaban J connectivity index is 2.33. The molecule has 0 bridgehead atoms. The molecule has 0 aliphatic heterocycles. The highest BCUT2D eigenvalue weighted by atomic mass is 16.1. The Hall–Kier alpha value is -1.43. The van der Waals surface area contributed by atoms with Gasteiger partial charge in [-0.1, -0.05) is 0 Å². The summed E-state index contributed by atoms with van der Waals surface area (Å²) in [4.78, 5) is 10.3. The van der Waals surface area contributed by atoms with Gasteiger partial charge in [0.2, 0.25) is 5.91 Å². The SMILES string of the molecule is Cn1cnnc1CNCC(N)=O. The second-order valence-electron chi connectivity index (χ2n) is 2.43. The maximum Gasteiger partial charge on any atom is 0.231 e. The fraction of sp³-hybridized carbons (Fsp3) is 0.500. The molecule has 1 aromatic rings. The first-order valence-electron chi connectivity index (χ1n) is 3.52. The largest absolute Gasteiger partial charge is 0.369 e. The van der Waals surface area contributed by atoms with Crippen molar-refractivity contribution >= 4 is 5.91 Å². The van der Waals surface area contributed by atoms with Gasteiger partial charge >= 0.3 is 0 Å². The molecule has 6 heteroatoms. The fourth-order valence-electron chi connectivity index (χ4n) is 0.765. The molecule has 0 saturated carbocycles. The van der Waals surface area contributed by atoms with Crippen LogP contribution >= 0.6 is 0 Å². The lowest BCUT2D eigenvalue weighted by molar-refractivity contribution is -0.117. The van der Waals surface area contributed by atoms with Gasteiger partial charge in [-0.05, 0) is 0 Å². The van der Waals surface area contributed by atoms with E-state index in [-0.39, 0.29) is 12.5 Å². The Morgan fingerprint density at radius 1 is 1.83 bits per heavy atom. The zero-order chi connectivity index (χ0) is 8.97. The third-order valence-electron chi connectivity index (χ3n) is 1.39. The molecule has 12 heavy (non-hydrogen) atoms. The van der Waals surface area contributed by atoms with Crippen LogP contribution in [-0.2, 0) is 18.4 Å². The molecule has 0 radical (unpaired) electrons. The molecule has 0 fully saturated rings. The van der Waals surface area contributed by atoms with Gasteiger partial charge in [0.05, 0.1) is 13.1 Å². The van der Waals surface area contributed by atoms with Crippen LogP contribution in [0.25, 0.3) is 0 Å². The Morgan fingerprint density at radius 2 is 2.58 bits per heavy atom. The molecule has 66 valence electrons. The number of aromatic nitrogens is 3. The molecule has 1 amide bonds. The van der Waals surface area contributed by atoms with Gasteiger partial charge in [0.1, 0.15) is 12.2 Å². The third kappa shape index (κ3) is 2.31. The lowest BCUT2D eigenvalue weighted by Gasteiger charge is -2.00. The van der Waals surface area contributed by atoms with Gasteiger partial charge in [0, 0.05) is 7.05 Å². The van der Waals surface area contributed by atoms with E-state index in [0.29, 0.717) is 6.54 Å². The highest BCUT2D eigenvalue weighted by Gasteiger charge is 1.99. The van der Waals surface area contributed by atoms with Gasteiger partial charge in [0.15, 0.2) is 0 Å². The van der Waals surface area contributed by atoms with Crippen LogP contribution in [0.15, 0.2) is 6.33 Å². The maximum atomic E-state index is 10.3. The predicted octanol–water partition coefficient (Wildman–Crippen LogP) is -1.61. The van der Waals surface area contributed by atoms with Crippen molar-refractivity contribution in [2.45, 2.75) is 6.54 Å². The number of hydrogen-bond donors (Lipinski definition) is 2. The summed E-state index contributed by atoms with van der Waals surface area (Å²) < 4.78 is 1.77. The summed E-state index contributed by atoms with van der Waals surface area (Å²) in [5, 5.41) is 10.3. The van der Waals surface area contributed by atoms with E-state index in [1.54, 1.807) is 10.9 Å². The Morgan fingerprint density at radius 3 is 3.08 bits per heavy atom. The Kier molecular flexibility index (Phi) is 2.76. The van der Waals surface area contributed by atoms with E-state index in [1.807, 2.05) is 7.05 Å². The smallest absolute Gasteiger partial charge is 0.231 e. The van der Waals surface area contributed by atoms with Gasteiger partial charge < -0.3 is 15.6 Å². The molecule has 0 atom stereocenters. The first kappa shape index (κ1) is 8.66. The van der Waals surface area contributed by atoms with Gasteiger partial charge in [-0.3, -0.25) is 4.79 Å². The van der Waals surface area contributed by atoms with Crippen molar-refractivity contribution in [3.05, 3.63) is 12.2 Å². The summed E-state index contributed by atoms with van der Waals surface area (Å²) in [6, 6.07) is 0. The molecule has 0 aliphatic rings. The number of primary amides is 1. The quantitative estimate of drug-likeness (QED) is 0.567. The normalized spacial score (nSPS) is 10.1. The minimum absolute atomic E-state index is 0.160. The van der Waals surface area contributed by atoms with Crippen molar-refractivity contribution in [3.63, 3.8) is 0 Å². The molecule has 0 aromatic carbocycles. The van der Waals surface area contributed by atoms with E-state index in [4.69, 9.17) is 5.73 Å². The van der Waals surface area contributed by atoms with Gasteiger partial charge in [-0.25, -0.2) is 0 Å². The minimum atomic E-state index is -0.378. The van der Waals surface area contributed by atoms with Crippen LogP contribution in [0.5, 0.6) is 0 Å². The monoisotopic (exact) mass is 169 g/mol. The van der Waals surface area contributed by atoms with Crippen LogP contribution in [0.1, 0.15) is 5.82 Å². The molecule has 0 spiro atoms. The fourth-order valence-corrected chi connectivity index (χ4v) is 0.765. The standard InChI is InChI=1S/C6H11N5O/c1-11-4-9-10-6(11)3-8-2-5(7)12/h4,8H,2-3H2,1H3,(H2,7,12). The second kappa shape index (κ2) is 3.82. The molecule has 3 N–H and O–H groups in total. The van der Waals surface area contributed by atoms with E-state index in [2.05, 4.69) is 15.5 Å². The lowest BCUT2D eigenvalue weighted by Crippen LogP contribution is -2.28. The minimum Gasteiger partial charge on any atom is -0.369 e. The molecule has 1 aromatic heterocycles. The molecular weight excluding hydrogens is 158 g/mol. The highest BCUT2D eigenvalue weighted by molar-refractivity contribution is 5.75. The van der Waals surface area contributed by atoms with Crippen molar-refractivity contribution < 1.29 is 4.79 Å². The number of hydrogen-bond acceptors (Lipinski definition) is 4. The molecule has 1 heterocycles. The summed E-state index contributed by atoms with van der Waals surface area (Å²) in [7, 11) is 1.83. The number of nitrogens with two attached hydrogens (primary N) is 1. The van der Waals surface area contributed by atoms with Gasteiger partial charge in [-0.15, -0.1) is 10.2 Å². The van der Waals surface area contributed by atoms with Crippen molar-refractivity contribution in [2.75, 3.05) is 6.54 Å². The number of amides is 1. The molecule has 0 saturated heterocycles. The molecule has 0 aliphatic carbocycles. The highest BCUT2D eigenvalue weighted by Crippen LogP contribution is 1.88. The summed E-state index contributed by atoms with van der Waals surface area (Å²) in [5.74, 6) is 0.397. The van der Waals surface area contributed by atoms with E-state index < -0.39 is 0 Å². The van der Waals surface area contributed by atoms with Crippen LogP contribution in [0.2, 0.25) is 0 Å². The van der Waals surface area contributed by atoms with Crippen molar-refractivity contribution in [1.82, 2.24) is 20.1 Å². The predicted molar refractivity (Wildman–Crippen MR) is 41.9 cm³/mol. The summed E-state index contributed by atoms with van der Waals surface area (Å²) in [5.41, 5.74) is 4.93. The van der Waals surface area contributed by atoms with Gasteiger partial charge in [0.25, 0.3) is 0 Å². The number of carbonyl (C=O) groups is 1. The van der Waals surface area contributed by atoms with E-state index >= 15 is 0 Å². The van der Waals surface area contributed by atoms with Crippen LogP contribution in [-0.4, -0.2) is 27.2 Å². The molecule has 0 unspecified atom stereocenters. The lowest BCUT2D eigenvalue weighted by atomic mass is 10.5.